The van der Waals surface area contributed by atoms with E-state index in [1.165, 1.54) is 0 Å². The maximum Gasteiger partial charge on any atom is 0.182 e. The average Bonchev–Trinajstić information content (AvgIpc) is 2.65. The molecule has 14 heavy (non-hydrogen) atoms. The highest BCUT2D eigenvalue weighted by molar-refractivity contribution is 5.96. The van der Waals surface area contributed by atoms with Crippen LogP contribution in [0.15, 0.2) is 18.3 Å². The molecule has 0 amide bonds. The molecule has 3 nitrogen and oxygen atoms in total. The number of nitrogens with zero attached hydrogens (tertiary/aromatic N) is 1. The third-order valence-corrected chi connectivity index (χ3v) is 2.79. The number of hydrogen-bond donors (Lipinski definition) is 0. The molecular weight excluding hydrogens is 178 g/mol. The number of Topliss-reactive ketones (excluding diaryl/α,β-unsaturated/α-hetero) is 1. The molecule has 0 aromatic carbocycles. The van der Waals surface area contributed by atoms with Crippen molar-refractivity contribution in [3.63, 3.8) is 0 Å². The monoisotopic (exact) mass is 193 g/mol. The van der Waals surface area contributed by atoms with Crippen LogP contribution in [0.2, 0.25) is 0 Å². The van der Waals surface area contributed by atoms with E-state index in [1.54, 1.807) is 0 Å². The lowest BCUT2D eigenvalue weighted by molar-refractivity contribution is 0.0539. The SMILES string of the molecule is Cn1cccc1C(=O)C1CCOCC1. The van der Waals surface area contributed by atoms with Gasteiger partial charge < -0.3 is 9.30 Å². The fourth-order valence-electron chi connectivity index (χ4n) is 1.89. The van der Waals surface area contributed by atoms with Crippen molar-refractivity contribution in [2.75, 3.05) is 13.2 Å². The largest absolute Gasteiger partial charge is 0.381 e. The number of carbonyl (C=O) groups is 1. The summed E-state index contributed by atoms with van der Waals surface area (Å²) in [5, 5.41) is 0. The minimum absolute atomic E-state index is 0.164. The molecule has 0 spiro atoms. The number of rotatable bonds is 2. The molecule has 1 aliphatic heterocycles. The first-order valence-corrected chi connectivity index (χ1v) is 5.02. The molecule has 0 aliphatic carbocycles. The summed E-state index contributed by atoms with van der Waals surface area (Å²) in [5.74, 6) is 0.429. The molecule has 3 heteroatoms. The molecule has 0 N–H and O–H groups in total. The Kier molecular flexibility index (Phi) is 2.68. The molecule has 1 fully saturated rings. The van der Waals surface area contributed by atoms with Crippen LogP contribution in [0.4, 0.5) is 0 Å². The summed E-state index contributed by atoms with van der Waals surface area (Å²) in [4.78, 5) is 12.0. The van der Waals surface area contributed by atoms with Crippen molar-refractivity contribution in [1.82, 2.24) is 4.57 Å². The van der Waals surface area contributed by atoms with Crippen LogP contribution in [0.3, 0.4) is 0 Å². The van der Waals surface area contributed by atoms with E-state index in [1.807, 2.05) is 29.9 Å². The van der Waals surface area contributed by atoms with Gasteiger partial charge in [0.25, 0.3) is 0 Å². The van der Waals surface area contributed by atoms with Crippen molar-refractivity contribution in [2.45, 2.75) is 12.8 Å². The smallest absolute Gasteiger partial charge is 0.182 e. The fraction of sp³-hybridized carbons (Fsp3) is 0.545. The minimum atomic E-state index is 0.164. The summed E-state index contributed by atoms with van der Waals surface area (Å²) >= 11 is 0. The Bertz CT molecular complexity index is 324. The van der Waals surface area contributed by atoms with Gasteiger partial charge in [0.05, 0.1) is 5.69 Å². The standard InChI is InChI=1S/C11H15NO2/c1-12-6-2-3-10(12)11(13)9-4-7-14-8-5-9/h2-3,6,9H,4-5,7-8H2,1H3. The second-order valence-electron chi connectivity index (χ2n) is 3.76. The van der Waals surface area contributed by atoms with E-state index in [9.17, 15) is 4.79 Å². The summed E-state index contributed by atoms with van der Waals surface area (Å²) in [6, 6.07) is 3.80. The zero-order valence-corrected chi connectivity index (χ0v) is 8.40. The zero-order chi connectivity index (χ0) is 9.97. The van der Waals surface area contributed by atoms with E-state index < -0.39 is 0 Å². The van der Waals surface area contributed by atoms with Gasteiger partial charge in [-0.2, -0.15) is 0 Å². The number of ketones is 1. The van der Waals surface area contributed by atoms with Crippen LogP contribution >= 0.6 is 0 Å². The summed E-state index contributed by atoms with van der Waals surface area (Å²) in [5.41, 5.74) is 0.817. The second-order valence-corrected chi connectivity index (χ2v) is 3.76. The number of aromatic nitrogens is 1. The number of aryl methyl sites for hydroxylation is 1. The van der Waals surface area contributed by atoms with E-state index >= 15 is 0 Å². The highest BCUT2D eigenvalue weighted by Crippen LogP contribution is 2.19. The van der Waals surface area contributed by atoms with Crippen LogP contribution in [-0.2, 0) is 11.8 Å². The molecule has 2 heterocycles. The predicted molar refractivity (Wildman–Crippen MR) is 53.3 cm³/mol. The fourth-order valence-corrected chi connectivity index (χ4v) is 1.89. The normalized spacial score (nSPS) is 18.4. The van der Waals surface area contributed by atoms with E-state index in [2.05, 4.69) is 0 Å². The Morgan fingerprint density at radius 3 is 2.79 bits per heavy atom. The van der Waals surface area contributed by atoms with Gasteiger partial charge in [-0.3, -0.25) is 4.79 Å². The van der Waals surface area contributed by atoms with E-state index in [0.717, 1.165) is 31.7 Å². The quantitative estimate of drug-likeness (QED) is 0.668. The van der Waals surface area contributed by atoms with Crippen molar-refractivity contribution in [3.05, 3.63) is 24.0 Å². The first-order valence-electron chi connectivity index (χ1n) is 5.02. The van der Waals surface area contributed by atoms with Gasteiger partial charge in [-0.25, -0.2) is 0 Å². The van der Waals surface area contributed by atoms with Gasteiger partial charge in [0.15, 0.2) is 5.78 Å². The average molecular weight is 193 g/mol. The molecule has 2 rings (SSSR count). The van der Waals surface area contributed by atoms with E-state index in [-0.39, 0.29) is 11.7 Å². The zero-order valence-electron chi connectivity index (χ0n) is 8.40. The minimum Gasteiger partial charge on any atom is -0.381 e. The van der Waals surface area contributed by atoms with Gasteiger partial charge in [0.2, 0.25) is 0 Å². The van der Waals surface area contributed by atoms with Crippen molar-refractivity contribution in [3.8, 4) is 0 Å². The van der Waals surface area contributed by atoms with Crippen molar-refractivity contribution < 1.29 is 9.53 Å². The summed E-state index contributed by atoms with van der Waals surface area (Å²) < 4.78 is 7.13. The number of ether oxygens (including phenoxy) is 1. The van der Waals surface area contributed by atoms with Gasteiger partial charge in [0, 0.05) is 32.4 Å². The first-order chi connectivity index (χ1) is 6.79. The Balaban J connectivity index is 2.11. The molecular formula is C11H15NO2. The van der Waals surface area contributed by atoms with Crippen molar-refractivity contribution in [2.24, 2.45) is 13.0 Å². The van der Waals surface area contributed by atoms with Gasteiger partial charge >= 0.3 is 0 Å². The van der Waals surface area contributed by atoms with Crippen molar-refractivity contribution >= 4 is 5.78 Å². The highest BCUT2D eigenvalue weighted by Gasteiger charge is 2.23. The topological polar surface area (TPSA) is 31.2 Å². The molecule has 76 valence electrons. The van der Waals surface area contributed by atoms with Gasteiger partial charge in [-0.1, -0.05) is 0 Å². The molecule has 1 aromatic rings. The van der Waals surface area contributed by atoms with Crippen LogP contribution < -0.4 is 0 Å². The Labute approximate surface area is 83.7 Å². The Hall–Kier alpha value is -1.09. The maximum atomic E-state index is 12.0. The van der Waals surface area contributed by atoms with Gasteiger partial charge in [-0.15, -0.1) is 0 Å². The van der Waals surface area contributed by atoms with Crippen LogP contribution in [0.5, 0.6) is 0 Å². The second kappa shape index (κ2) is 3.96. The molecule has 0 saturated carbocycles. The van der Waals surface area contributed by atoms with Crippen LogP contribution in [0.25, 0.3) is 0 Å². The molecule has 1 saturated heterocycles. The highest BCUT2D eigenvalue weighted by atomic mass is 16.5. The first kappa shape index (κ1) is 9.46. The molecule has 0 unspecified atom stereocenters. The lowest BCUT2D eigenvalue weighted by Gasteiger charge is -2.20. The van der Waals surface area contributed by atoms with E-state index in [4.69, 9.17) is 4.74 Å². The van der Waals surface area contributed by atoms with Crippen LogP contribution in [0.1, 0.15) is 23.3 Å². The molecule has 0 bridgehead atoms. The summed E-state index contributed by atoms with van der Waals surface area (Å²) in [7, 11) is 1.91. The summed E-state index contributed by atoms with van der Waals surface area (Å²) in [6.45, 7) is 1.45. The Morgan fingerprint density at radius 1 is 1.50 bits per heavy atom. The third kappa shape index (κ3) is 1.73. The van der Waals surface area contributed by atoms with Crippen LogP contribution in [-0.4, -0.2) is 23.6 Å². The van der Waals surface area contributed by atoms with Crippen LogP contribution in [0, 0.1) is 5.92 Å². The third-order valence-electron chi connectivity index (χ3n) is 2.79. The maximum absolute atomic E-state index is 12.0. The molecule has 0 radical (unpaired) electrons. The lowest BCUT2D eigenvalue weighted by Crippen LogP contribution is -2.24. The van der Waals surface area contributed by atoms with E-state index in [0.29, 0.717) is 0 Å². The molecule has 1 aromatic heterocycles. The van der Waals surface area contributed by atoms with Crippen molar-refractivity contribution in [1.29, 1.82) is 0 Å². The summed E-state index contributed by atoms with van der Waals surface area (Å²) in [6.07, 6.45) is 3.64. The Morgan fingerprint density at radius 2 is 2.21 bits per heavy atom. The number of hydrogen-bond acceptors (Lipinski definition) is 2. The van der Waals surface area contributed by atoms with Gasteiger partial charge in [-0.05, 0) is 25.0 Å². The predicted octanol–water partition coefficient (Wildman–Crippen LogP) is 1.63. The lowest BCUT2D eigenvalue weighted by atomic mass is 9.93. The van der Waals surface area contributed by atoms with Gasteiger partial charge in [0.1, 0.15) is 0 Å². The molecule has 1 aliphatic rings. The molecule has 0 atom stereocenters. The number of carbonyl (C=O) groups excluding carboxylic acids is 1.